The molecule has 0 aliphatic carbocycles. The highest BCUT2D eigenvalue weighted by molar-refractivity contribution is 5.97. The lowest BCUT2D eigenvalue weighted by atomic mass is 10.2. The maximum absolute atomic E-state index is 12.3. The monoisotopic (exact) mass is 379 g/mol. The number of anilines is 2. The van der Waals surface area contributed by atoms with Crippen LogP contribution in [0, 0.1) is 0 Å². The number of morpholine rings is 1. The van der Waals surface area contributed by atoms with Crippen LogP contribution in [0.4, 0.5) is 11.4 Å². The molecule has 8 nitrogen and oxygen atoms in total. The molecule has 0 saturated carbocycles. The molecule has 2 unspecified atom stereocenters. The summed E-state index contributed by atoms with van der Waals surface area (Å²) in [6.45, 7) is 3.52. The van der Waals surface area contributed by atoms with Gasteiger partial charge in [0.15, 0.2) is 0 Å². The van der Waals surface area contributed by atoms with Crippen LogP contribution in [-0.4, -0.2) is 47.4 Å². The molecule has 1 aromatic heterocycles. The first kappa shape index (κ1) is 19.9. The second kappa shape index (κ2) is 9.33. The number of aromatic nitrogens is 2. The van der Waals surface area contributed by atoms with Gasteiger partial charge in [-0.25, -0.2) is 0 Å². The minimum atomic E-state index is -0.508. The number of carbonyl (C=O) groups excluding carboxylic acids is 2. The highest BCUT2D eigenvalue weighted by Gasteiger charge is 2.22. The Hall–Kier alpha value is -2.42. The summed E-state index contributed by atoms with van der Waals surface area (Å²) in [4.78, 5) is 24.5. The number of ether oxygens (including phenoxy) is 1. The van der Waals surface area contributed by atoms with Crippen molar-refractivity contribution < 1.29 is 14.3 Å². The first-order valence-electron chi connectivity index (χ1n) is 8.17. The van der Waals surface area contributed by atoms with Crippen molar-refractivity contribution in [2.45, 2.75) is 19.1 Å². The van der Waals surface area contributed by atoms with E-state index in [4.69, 9.17) is 4.74 Å². The minimum Gasteiger partial charge on any atom is -0.366 e. The lowest BCUT2D eigenvalue weighted by molar-refractivity contribution is -0.128. The number of hydrogen-bond acceptors (Lipinski definition) is 5. The van der Waals surface area contributed by atoms with Crippen LogP contribution in [0.2, 0.25) is 0 Å². The number of nitrogens with one attached hydrogen (secondary N) is 3. The fourth-order valence-electron chi connectivity index (χ4n) is 2.51. The summed E-state index contributed by atoms with van der Waals surface area (Å²) >= 11 is 0. The van der Waals surface area contributed by atoms with E-state index in [2.05, 4.69) is 21.0 Å². The number of hydrogen-bond donors (Lipinski definition) is 3. The van der Waals surface area contributed by atoms with Gasteiger partial charge in [-0.2, -0.15) is 5.10 Å². The second-order valence-corrected chi connectivity index (χ2v) is 5.78. The number of amides is 2. The van der Waals surface area contributed by atoms with Gasteiger partial charge in [0.1, 0.15) is 12.1 Å². The Labute approximate surface area is 157 Å². The van der Waals surface area contributed by atoms with Gasteiger partial charge in [0.05, 0.1) is 6.61 Å². The van der Waals surface area contributed by atoms with Gasteiger partial charge in [-0.1, -0.05) is 6.07 Å². The molecule has 140 valence electrons. The topological polar surface area (TPSA) is 97.3 Å². The van der Waals surface area contributed by atoms with E-state index in [0.29, 0.717) is 24.5 Å². The first-order valence-corrected chi connectivity index (χ1v) is 8.17. The molecule has 2 heterocycles. The summed E-state index contributed by atoms with van der Waals surface area (Å²) in [5, 5.41) is 12.8. The number of rotatable bonds is 5. The molecule has 3 rings (SSSR count). The molecule has 2 amide bonds. The summed E-state index contributed by atoms with van der Waals surface area (Å²) in [5.41, 5.74) is 1.20. The molecular formula is C17H22ClN5O3. The van der Waals surface area contributed by atoms with Crippen molar-refractivity contribution in [1.82, 2.24) is 15.1 Å². The molecule has 1 aliphatic heterocycles. The van der Waals surface area contributed by atoms with E-state index in [1.54, 1.807) is 54.3 Å². The Morgan fingerprint density at radius 3 is 2.73 bits per heavy atom. The van der Waals surface area contributed by atoms with E-state index in [-0.39, 0.29) is 24.2 Å². The zero-order chi connectivity index (χ0) is 17.6. The van der Waals surface area contributed by atoms with Crippen LogP contribution in [0.15, 0.2) is 42.7 Å². The van der Waals surface area contributed by atoms with Gasteiger partial charge in [0.2, 0.25) is 5.91 Å². The average Bonchev–Trinajstić information content (AvgIpc) is 3.16. The third-order valence-electron chi connectivity index (χ3n) is 3.92. The zero-order valence-corrected chi connectivity index (χ0v) is 15.2. The fraction of sp³-hybridized carbons (Fsp3) is 0.353. The van der Waals surface area contributed by atoms with Crippen molar-refractivity contribution in [3.8, 4) is 0 Å². The lowest BCUT2D eigenvalue weighted by Gasteiger charge is -2.22. The molecule has 0 bridgehead atoms. The minimum absolute atomic E-state index is 0. The summed E-state index contributed by atoms with van der Waals surface area (Å²) in [5.74, 6) is -0.396. The van der Waals surface area contributed by atoms with Crippen LogP contribution >= 0.6 is 12.4 Å². The third-order valence-corrected chi connectivity index (χ3v) is 3.92. The lowest BCUT2D eigenvalue weighted by Crippen LogP contribution is -2.45. The molecule has 0 spiro atoms. The smallest absolute Gasteiger partial charge is 0.254 e. The van der Waals surface area contributed by atoms with Gasteiger partial charge in [0.25, 0.3) is 5.91 Å². The van der Waals surface area contributed by atoms with Gasteiger partial charge >= 0.3 is 0 Å². The molecule has 1 aliphatic rings. The van der Waals surface area contributed by atoms with E-state index < -0.39 is 12.1 Å². The molecule has 2 aromatic rings. The van der Waals surface area contributed by atoms with Crippen molar-refractivity contribution in [2.75, 3.05) is 30.3 Å². The van der Waals surface area contributed by atoms with Gasteiger partial charge in [-0.15, -0.1) is 12.4 Å². The molecule has 1 aromatic carbocycles. The van der Waals surface area contributed by atoms with Crippen molar-refractivity contribution in [1.29, 1.82) is 0 Å². The van der Waals surface area contributed by atoms with Crippen LogP contribution in [0.1, 0.15) is 13.0 Å². The van der Waals surface area contributed by atoms with Gasteiger partial charge in [0, 0.05) is 36.9 Å². The summed E-state index contributed by atoms with van der Waals surface area (Å²) in [6.07, 6.45) is 2.85. The molecule has 3 N–H and O–H groups in total. The van der Waals surface area contributed by atoms with Crippen LogP contribution in [0.25, 0.3) is 0 Å². The zero-order valence-electron chi connectivity index (χ0n) is 14.3. The van der Waals surface area contributed by atoms with Crippen LogP contribution in [0.3, 0.4) is 0 Å². The largest absolute Gasteiger partial charge is 0.366 e. The van der Waals surface area contributed by atoms with Crippen LogP contribution in [0.5, 0.6) is 0 Å². The fourth-order valence-corrected chi connectivity index (χ4v) is 2.51. The highest BCUT2D eigenvalue weighted by atomic mass is 35.5. The van der Waals surface area contributed by atoms with Crippen LogP contribution in [-0.2, 0) is 14.3 Å². The molecule has 0 radical (unpaired) electrons. The van der Waals surface area contributed by atoms with E-state index in [1.807, 2.05) is 0 Å². The van der Waals surface area contributed by atoms with Gasteiger partial charge in [-0.3, -0.25) is 14.3 Å². The first-order chi connectivity index (χ1) is 12.1. The number of nitrogens with zero attached hydrogens (tertiary/aromatic N) is 2. The number of halogens is 1. The Morgan fingerprint density at radius 1 is 1.31 bits per heavy atom. The Bertz CT molecular complexity index is 732. The Balaban J connectivity index is 0.00000243. The predicted molar refractivity (Wildman–Crippen MR) is 100 cm³/mol. The van der Waals surface area contributed by atoms with E-state index >= 15 is 0 Å². The quantitative estimate of drug-likeness (QED) is 0.730. The van der Waals surface area contributed by atoms with Gasteiger partial charge < -0.3 is 20.7 Å². The normalized spacial score (nSPS) is 17.7. The SMILES string of the molecule is CC(C(=O)Nc1cccc(NC(=O)C2CNCCO2)c1)n1cccn1.Cl. The van der Waals surface area contributed by atoms with E-state index in [9.17, 15) is 9.59 Å². The average molecular weight is 380 g/mol. The standard InChI is InChI=1S/C17H21N5O3.ClH/c1-12(22-8-3-6-19-22)16(23)20-13-4-2-5-14(10-13)21-17(24)15-11-18-7-9-25-15;/h2-6,8,10,12,15,18H,7,9,11H2,1H3,(H,20,23)(H,21,24);1H. The Kier molecular flexibility index (Phi) is 7.14. The van der Waals surface area contributed by atoms with Crippen molar-refractivity contribution in [2.24, 2.45) is 0 Å². The highest BCUT2D eigenvalue weighted by Crippen LogP contribution is 2.17. The van der Waals surface area contributed by atoms with Crippen LogP contribution < -0.4 is 16.0 Å². The summed E-state index contributed by atoms with van der Waals surface area (Å²) < 4.78 is 7.00. The van der Waals surface area contributed by atoms with Crippen molar-refractivity contribution >= 4 is 35.6 Å². The molecule has 2 atom stereocenters. The Morgan fingerprint density at radius 2 is 2.08 bits per heavy atom. The second-order valence-electron chi connectivity index (χ2n) is 5.78. The molecule has 1 fully saturated rings. The van der Waals surface area contributed by atoms with Crippen molar-refractivity contribution in [3.05, 3.63) is 42.7 Å². The van der Waals surface area contributed by atoms with E-state index in [0.717, 1.165) is 6.54 Å². The summed E-state index contributed by atoms with van der Waals surface area (Å²) in [7, 11) is 0. The maximum atomic E-state index is 12.3. The molecule has 9 heteroatoms. The number of carbonyl (C=O) groups is 2. The summed E-state index contributed by atoms with van der Waals surface area (Å²) in [6, 6.07) is 8.34. The predicted octanol–water partition coefficient (Wildman–Crippen LogP) is 1.43. The molecule has 1 saturated heterocycles. The van der Waals surface area contributed by atoms with Gasteiger partial charge in [-0.05, 0) is 31.2 Å². The number of benzene rings is 1. The van der Waals surface area contributed by atoms with E-state index in [1.165, 1.54) is 0 Å². The molecular weight excluding hydrogens is 358 g/mol. The maximum Gasteiger partial charge on any atom is 0.254 e. The van der Waals surface area contributed by atoms with Crippen molar-refractivity contribution in [3.63, 3.8) is 0 Å². The third kappa shape index (κ3) is 5.04. The molecule has 26 heavy (non-hydrogen) atoms.